The maximum absolute atomic E-state index is 13.1. The molecule has 27 heavy (non-hydrogen) atoms. The third-order valence-electron chi connectivity index (χ3n) is 6.77. The highest BCUT2D eigenvalue weighted by atomic mass is 19.4. The minimum absolute atomic E-state index is 0. The van der Waals surface area contributed by atoms with Gasteiger partial charge in [-0.1, -0.05) is 6.42 Å². The van der Waals surface area contributed by atoms with Crippen LogP contribution in [-0.4, -0.2) is 43.2 Å². The second-order valence-corrected chi connectivity index (χ2v) is 8.40. The number of carbonyl (C=O) groups is 1. The smallest absolute Gasteiger partial charge is 0.393 e. The van der Waals surface area contributed by atoms with Crippen LogP contribution in [0.4, 0.5) is 24.5 Å². The van der Waals surface area contributed by atoms with Gasteiger partial charge in [0.05, 0.1) is 17.2 Å². The average Bonchev–Trinajstić information content (AvgIpc) is 3.10. The maximum Gasteiger partial charge on any atom is 0.393 e. The topological polar surface area (TPSA) is 49.6 Å². The molecular weight excluding hydrogens is 355 g/mol. The summed E-state index contributed by atoms with van der Waals surface area (Å²) in [7, 11) is 0. The zero-order chi connectivity index (χ0) is 19.2. The van der Waals surface area contributed by atoms with E-state index in [1.807, 2.05) is 4.90 Å². The first-order valence-corrected chi connectivity index (χ1v) is 9.78. The van der Waals surface area contributed by atoms with E-state index in [-0.39, 0.29) is 26.8 Å². The highest BCUT2D eigenvalue weighted by molar-refractivity contribution is 6.00. The Bertz CT molecular complexity index is 726. The Morgan fingerprint density at radius 2 is 1.85 bits per heavy atom. The van der Waals surface area contributed by atoms with Crippen LogP contribution < -0.4 is 10.6 Å². The molecule has 4 rings (SSSR count). The SMILES string of the molecule is Nc1ccc(C(=O)N2CCC3(CCC3)CC2)c(N2CCC(C(F)(F)F)C2)c1.[HH]. The summed E-state index contributed by atoms with van der Waals surface area (Å²) in [6, 6.07) is 4.97. The lowest BCUT2D eigenvalue weighted by atomic mass is 9.63. The number of rotatable bonds is 2. The Kier molecular flexibility index (Phi) is 4.51. The highest BCUT2D eigenvalue weighted by Crippen LogP contribution is 2.49. The van der Waals surface area contributed by atoms with Gasteiger partial charge in [0.1, 0.15) is 0 Å². The van der Waals surface area contributed by atoms with Crippen LogP contribution in [0, 0.1) is 11.3 Å². The van der Waals surface area contributed by atoms with E-state index in [0.29, 0.717) is 22.4 Å². The molecule has 1 atom stereocenters. The summed E-state index contributed by atoms with van der Waals surface area (Å²) in [6.45, 7) is 1.63. The van der Waals surface area contributed by atoms with E-state index in [0.717, 1.165) is 25.9 Å². The average molecular weight is 383 g/mol. The largest absolute Gasteiger partial charge is 0.399 e. The number of hydrogen-bond acceptors (Lipinski definition) is 3. The van der Waals surface area contributed by atoms with Crippen molar-refractivity contribution in [3.8, 4) is 0 Å². The number of likely N-dealkylation sites (tertiary alicyclic amines) is 1. The molecule has 1 spiro atoms. The van der Waals surface area contributed by atoms with Gasteiger partial charge in [-0.05, 0) is 55.7 Å². The van der Waals surface area contributed by atoms with E-state index in [2.05, 4.69) is 0 Å². The predicted octanol–water partition coefficient (Wildman–Crippen LogP) is 4.31. The molecule has 150 valence electrons. The lowest BCUT2D eigenvalue weighted by Crippen LogP contribution is -2.46. The van der Waals surface area contributed by atoms with Gasteiger partial charge in [0, 0.05) is 33.3 Å². The molecule has 7 heteroatoms. The van der Waals surface area contributed by atoms with Gasteiger partial charge >= 0.3 is 6.18 Å². The minimum atomic E-state index is -4.21. The number of hydrogen-bond donors (Lipinski definition) is 1. The number of carbonyl (C=O) groups excluding carboxylic acids is 1. The zero-order valence-electron chi connectivity index (χ0n) is 15.4. The van der Waals surface area contributed by atoms with Gasteiger partial charge in [-0.3, -0.25) is 4.79 Å². The van der Waals surface area contributed by atoms with Gasteiger partial charge in [-0.25, -0.2) is 0 Å². The van der Waals surface area contributed by atoms with Gasteiger partial charge in [0.15, 0.2) is 0 Å². The first-order valence-electron chi connectivity index (χ1n) is 9.78. The molecule has 1 aliphatic carbocycles. The monoisotopic (exact) mass is 383 g/mol. The van der Waals surface area contributed by atoms with Gasteiger partial charge < -0.3 is 15.5 Å². The van der Waals surface area contributed by atoms with Crippen molar-refractivity contribution in [2.24, 2.45) is 11.3 Å². The third kappa shape index (κ3) is 3.48. The van der Waals surface area contributed by atoms with Crippen LogP contribution in [0.3, 0.4) is 0 Å². The van der Waals surface area contributed by atoms with Crippen LogP contribution in [-0.2, 0) is 0 Å². The fourth-order valence-electron chi connectivity index (χ4n) is 4.77. The van der Waals surface area contributed by atoms with E-state index < -0.39 is 12.1 Å². The van der Waals surface area contributed by atoms with Crippen molar-refractivity contribution < 1.29 is 19.4 Å². The summed E-state index contributed by atoms with van der Waals surface area (Å²) >= 11 is 0. The molecule has 1 aromatic rings. The summed E-state index contributed by atoms with van der Waals surface area (Å²) in [5.74, 6) is -1.44. The summed E-state index contributed by atoms with van der Waals surface area (Å²) in [4.78, 5) is 16.6. The molecule has 1 saturated carbocycles. The Balaban J connectivity index is 0.00000225. The lowest BCUT2D eigenvalue weighted by molar-refractivity contribution is -0.168. The molecule has 0 radical (unpaired) electrons. The second-order valence-electron chi connectivity index (χ2n) is 8.40. The first-order chi connectivity index (χ1) is 12.8. The summed E-state index contributed by atoms with van der Waals surface area (Å²) in [5, 5.41) is 0. The fourth-order valence-corrected chi connectivity index (χ4v) is 4.77. The summed E-state index contributed by atoms with van der Waals surface area (Å²) in [5.41, 5.74) is 7.79. The number of alkyl halides is 3. The lowest BCUT2D eigenvalue weighted by Gasteiger charge is -2.48. The number of nitrogens with zero attached hydrogens (tertiary/aromatic N) is 2. The molecule has 1 amide bonds. The fraction of sp³-hybridized carbons (Fsp3) is 0.650. The van der Waals surface area contributed by atoms with Gasteiger partial charge in [0.25, 0.3) is 5.91 Å². The number of piperidine rings is 1. The molecule has 4 nitrogen and oxygen atoms in total. The molecule has 2 aliphatic heterocycles. The van der Waals surface area contributed by atoms with Crippen molar-refractivity contribution in [1.82, 2.24) is 4.90 Å². The van der Waals surface area contributed by atoms with E-state index in [9.17, 15) is 18.0 Å². The van der Waals surface area contributed by atoms with Crippen LogP contribution in [0.1, 0.15) is 50.3 Å². The van der Waals surface area contributed by atoms with Crippen molar-refractivity contribution in [2.45, 2.75) is 44.7 Å². The second kappa shape index (κ2) is 6.60. The quantitative estimate of drug-likeness (QED) is 0.775. The maximum atomic E-state index is 13.1. The standard InChI is InChI=1S/C20H26F3N3O.H2/c21-20(22,23)14-4-9-26(13-14)17-12-15(24)2-3-16(17)18(27)25-10-7-19(8-11-25)5-1-6-19;/h2-3,12,14H,1,4-11,13,24H2;1H. The van der Waals surface area contributed by atoms with Crippen molar-refractivity contribution in [3.63, 3.8) is 0 Å². The molecule has 2 N–H and O–H groups in total. The van der Waals surface area contributed by atoms with Crippen LogP contribution in [0.25, 0.3) is 0 Å². The van der Waals surface area contributed by atoms with Gasteiger partial charge in [-0.2, -0.15) is 13.2 Å². The Morgan fingerprint density at radius 1 is 1.15 bits per heavy atom. The van der Waals surface area contributed by atoms with Crippen LogP contribution in [0.15, 0.2) is 18.2 Å². The number of halogens is 3. The first kappa shape index (κ1) is 18.4. The van der Waals surface area contributed by atoms with E-state index in [1.54, 1.807) is 23.1 Å². The van der Waals surface area contributed by atoms with Crippen molar-refractivity contribution >= 4 is 17.3 Å². The number of amides is 1. The molecule has 2 heterocycles. The molecule has 3 aliphatic rings. The molecule has 2 saturated heterocycles. The van der Waals surface area contributed by atoms with E-state index >= 15 is 0 Å². The van der Waals surface area contributed by atoms with Crippen LogP contribution in [0.2, 0.25) is 0 Å². The Hall–Kier alpha value is -1.92. The molecule has 1 aromatic carbocycles. The van der Waals surface area contributed by atoms with Crippen molar-refractivity contribution in [1.29, 1.82) is 0 Å². The summed E-state index contributed by atoms with van der Waals surface area (Å²) < 4.78 is 39.2. The Labute approximate surface area is 159 Å². The minimum Gasteiger partial charge on any atom is -0.399 e. The van der Waals surface area contributed by atoms with Crippen LogP contribution in [0.5, 0.6) is 0 Å². The number of benzene rings is 1. The molecule has 0 bridgehead atoms. The van der Waals surface area contributed by atoms with Gasteiger partial charge in [-0.15, -0.1) is 0 Å². The van der Waals surface area contributed by atoms with E-state index in [1.165, 1.54) is 19.3 Å². The molecule has 0 aromatic heterocycles. The van der Waals surface area contributed by atoms with Crippen LogP contribution >= 0.6 is 0 Å². The van der Waals surface area contributed by atoms with Crippen molar-refractivity contribution in [2.75, 3.05) is 36.8 Å². The molecule has 3 fully saturated rings. The predicted molar refractivity (Wildman–Crippen MR) is 101 cm³/mol. The highest BCUT2D eigenvalue weighted by Gasteiger charge is 2.44. The third-order valence-corrected chi connectivity index (χ3v) is 6.77. The number of anilines is 2. The molecule has 1 unspecified atom stereocenters. The number of nitrogens with two attached hydrogens (primary N) is 1. The van der Waals surface area contributed by atoms with Crippen molar-refractivity contribution in [3.05, 3.63) is 23.8 Å². The normalized spacial score (nSPS) is 24.9. The molecular formula is C20H28F3N3O. The number of nitrogen functional groups attached to an aromatic ring is 1. The Morgan fingerprint density at radius 3 is 2.41 bits per heavy atom. The zero-order valence-corrected chi connectivity index (χ0v) is 15.4. The summed E-state index contributed by atoms with van der Waals surface area (Å²) in [6.07, 6.45) is 1.71. The van der Waals surface area contributed by atoms with E-state index in [4.69, 9.17) is 5.73 Å². The van der Waals surface area contributed by atoms with Gasteiger partial charge in [0.2, 0.25) is 0 Å².